The number of fused-ring (bicyclic) bond motifs is 1. The number of benzene rings is 1. The third-order valence-electron chi connectivity index (χ3n) is 6.31. The SMILES string of the molecule is C[C@@H](Nc1cncc(-c2c[nH]c3ncc(-c4cccc(N5CCCC5)c4)cc23)n1)C(=O)NCC(F)(F)F. The van der Waals surface area contributed by atoms with E-state index in [0.717, 1.165) is 35.2 Å². The fourth-order valence-corrected chi connectivity index (χ4v) is 4.42. The number of aromatic nitrogens is 4. The normalized spacial score (nSPS) is 14.6. The molecule has 1 aliphatic heterocycles. The molecule has 3 aromatic heterocycles. The van der Waals surface area contributed by atoms with Crippen LogP contribution in [-0.4, -0.2) is 57.7 Å². The Bertz CT molecular complexity index is 1410. The van der Waals surface area contributed by atoms with Crippen LogP contribution in [0, 0.1) is 0 Å². The van der Waals surface area contributed by atoms with Crippen molar-refractivity contribution in [2.24, 2.45) is 0 Å². The zero-order valence-corrected chi connectivity index (χ0v) is 20.1. The third kappa shape index (κ3) is 5.65. The van der Waals surface area contributed by atoms with Crippen molar-refractivity contribution in [2.45, 2.75) is 32.0 Å². The molecule has 0 saturated carbocycles. The molecule has 8 nitrogen and oxygen atoms in total. The lowest BCUT2D eigenvalue weighted by Crippen LogP contribution is -2.42. The van der Waals surface area contributed by atoms with Gasteiger partial charge in [0, 0.05) is 47.7 Å². The lowest BCUT2D eigenvalue weighted by atomic mass is 10.0. The summed E-state index contributed by atoms with van der Waals surface area (Å²) >= 11 is 0. The fourth-order valence-electron chi connectivity index (χ4n) is 4.42. The summed E-state index contributed by atoms with van der Waals surface area (Å²) in [7, 11) is 0. The molecule has 192 valence electrons. The minimum absolute atomic E-state index is 0.268. The van der Waals surface area contributed by atoms with Crippen molar-refractivity contribution in [1.29, 1.82) is 0 Å². The van der Waals surface area contributed by atoms with Crippen molar-refractivity contribution in [3.63, 3.8) is 0 Å². The molecule has 11 heteroatoms. The van der Waals surface area contributed by atoms with Crippen molar-refractivity contribution in [3.8, 4) is 22.4 Å². The van der Waals surface area contributed by atoms with E-state index >= 15 is 0 Å². The van der Waals surface area contributed by atoms with E-state index in [4.69, 9.17) is 0 Å². The van der Waals surface area contributed by atoms with Gasteiger partial charge in [-0.25, -0.2) is 9.97 Å². The molecule has 3 N–H and O–H groups in total. The topological polar surface area (TPSA) is 98.8 Å². The van der Waals surface area contributed by atoms with Crippen molar-refractivity contribution in [2.75, 3.05) is 29.9 Å². The summed E-state index contributed by atoms with van der Waals surface area (Å²) in [6, 6.07) is 9.52. The van der Waals surface area contributed by atoms with Crippen LogP contribution in [0.1, 0.15) is 19.8 Å². The molecule has 1 aromatic carbocycles. The summed E-state index contributed by atoms with van der Waals surface area (Å²) in [6.45, 7) is 2.19. The summed E-state index contributed by atoms with van der Waals surface area (Å²) in [5.41, 5.74) is 5.21. The minimum atomic E-state index is -4.48. The van der Waals surface area contributed by atoms with Crippen LogP contribution >= 0.6 is 0 Å². The van der Waals surface area contributed by atoms with Gasteiger partial charge in [-0.05, 0) is 43.5 Å². The highest BCUT2D eigenvalue weighted by Crippen LogP contribution is 2.32. The maximum absolute atomic E-state index is 12.4. The van der Waals surface area contributed by atoms with Crippen LogP contribution in [0.4, 0.5) is 24.7 Å². The summed E-state index contributed by atoms with van der Waals surface area (Å²) < 4.78 is 37.2. The number of rotatable bonds is 7. The average Bonchev–Trinajstić information content (AvgIpc) is 3.57. The molecule has 1 amide bonds. The van der Waals surface area contributed by atoms with Crippen molar-refractivity contribution < 1.29 is 18.0 Å². The van der Waals surface area contributed by atoms with Gasteiger partial charge in [-0.3, -0.25) is 9.78 Å². The number of anilines is 2. The number of nitrogens with zero attached hydrogens (tertiary/aromatic N) is 4. The molecule has 37 heavy (non-hydrogen) atoms. The van der Waals surface area contributed by atoms with Crippen molar-refractivity contribution in [3.05, 3.63) is 55.1 Å². The van der Waals surface area contributed by atoms with Crippen LogP contribution in [0.2, 0.25) is 0 Å². The Kier molecular flexibility index (Phi) is 6.68. The lowest BCUT2D eigenvalue weighted by molar-refractivity contribution is -0.138. The number of halogens is 3. The van der Waals surface area contributed by atoms with Gasteiger partial charge in [-0.15, -0.1) is 0 Å². The average molecular weight is 510 g/mol. The standard InChI is InChI=1S/C26H26F3N7O/c1-16(25(37)33-15-26(27,28)29)34-23-14-30-13-22(35-23)21-12-32-24-20(21)10-18(11-31-24)17-5-4-6-19(9-17)36-7-2-3-8-36/h4-6,9-14,16H,2-3,7-8,15H2,1H3,(H,31,32)(H,33,37)(H,34,35)/t16-/m1/s1. The largest absolute Gasteiger partial charge is 0.405 e. The predicted molar refractivity (Wildman–Crippen MR) is 136 cm³/mol. The van der Waals surface area contributed by atoms with Crippen LogP contribution in [0.5, 0.6) is 0 Å². The Hall–Kier alpha value is -4.15. The summed E-state index contributed by atoms with van der Waals surface area (Å²) in [5.74, 6) is -0.523. The van der Waals surface area contributed by atoms with E-state index in [1.165, 1.54) is 31.6 Å². The highest BCUT2D eigenvalue weighted by atomic mass is 19.4. The van der Waals surface area contributed by atoms with Gasteiger partial charge in [0.25, 0.3) is 0 Å². The molecule has 4 heterocycles. The number of hydrogen-bond acceptors (Lipinski definition) is 6. The smallest absolute Gasteiger partial charge is 0.372 e. The van der Waals surface area contributed by atoms with E-state index in [0.29, 0.717) is 11.3 Å². The van der Waals surface area contributed by atoms with E-state index in [2.05, 4.69) is 54.4 Å². The molecule has 0 bridgehead atoms. The molecule has 1 atom stereocenters. The van der Waals surface area contributed by atoms with Crippen molar-refractivity contribution in [1.82, 2.24) is 25.3 Å². The van der Waals surface area contributed by atoms with Gasteiger partial charge in [0.2, 0.25) is 5.91 Å². The van der Waals surface area contributed by atoms with E-state index in [1.807, 2.05) is 17.6 Å². The number of nitrogens with one attached hydrogen (secondary N) is 3. The van der Waals surface area contributed by atoms with Crippen LogP contribution in [-0.2, 0) is 4.79 Å². The molecule has 4 aromatic rings. The highest BCUT2D eigenvalue weighted by Gasteiger charge is 2.28. The van der Waals surface area contributed by atoms with E-state index < -0.39 is 24.7 Å². The Morgan fingerprint density at radius 3 is 2.73 bits per heavy atom. The number of aromatic amines is 1. The monoisotopic (exact) mass is 509 g/mol. The maximum Gasteiger partial charge on any atom is 0.405 e. The number of pyridine rings is 1. The second kappa shape index (κ2) is 10.1. The van der Waals surface area contributed by atoms with Crippen LogP contribution in [0.3, 0.4) is 0 Å². The molecule has 1 aliphatic rings. The predicted octanol–water partition coefficient (Wildman–Crippen LogP) is 4.77. The molecule has 0 unspecified atom stereocenters. The third-order valence-corrected chi connectivity index (χ3v) is 6.31. The fraction of sp³-hybridized carbons (Fsp3) is 0.308. The zero-order chi connectivity index (χ0) is 26.0. The van der Waals surface area contributed by atoms with E-state index in [9.17, 15) is 18.0 Å². The number of hydrogen-bond donors (Lipinski definition) is 3. The lowest BCUT2D eigenvalue weighted by Gasteiger charge is -2.18. The molecule has 1 saturated heterocycles. The second-order valence-corrected chi connectivity index (χ2v) is 9.06. The first-order valence-electron chi connectivity index (χ1n) is 12.0. The van der Waals surface area contributed by atoms with Gasteiger partial charge in [-0.2, -0.15) is 13.2 Å². The second-order valence-electron chi connectivity index (χ2n) is 9.06. The molecule has 1 fully saturated rings. The molecule has 0 spiro atoms. The van der Waals surface area contributed by atoms with Crippen molar-refractivity contribution >= 4 is 28.4 Å². The number of H-pyrrole nitrogens is 1. The molecular weight excluding hydrogens is 483 g/mol. The summed E-state index contributed by atoms with van der Waals surface area (Å²) in [5, 5.41) is 5.53. The van der Waals surface area contributed by atoms with Crippen LogP contribution < -0.4 is 15.5 Å². The number of carbonyl (C=O) groups excluding carboxylic acids is 1. The van der Waals surface area contributed by atoms with Gasteiger partial charge >= 0.3 is 6.18 Å². The van der Waals surface area contributed by atoms with Crippen LogP contribution in [0.15, 0.2) is 55.1 Å². The highest BCUT2D eigenvalue weighted by molar-refractivity contribution is 5.95. The van der Waals surface area contributed by atoms with E-state index in [1.54, 1.807) is 12.4 Å². The molecule has 5 rings (SSSR count). The number of alkyl halides is 3. The summed E-state index contributed by atoms with van der Waals surface area (Å²) in [6.07, 6.45) is 4.55. The van der Waals surface area contributed by atoms with Gasteiger partial charge < -0.3 is 20.5 Å². The number of amides is 1. The minimum Gasteiger partial charge on any atom is -0.372 e. The van der Waals surface area contributed by atoms with Gasteiger partial charge in [0.1, 0.15) is 24.1 Å². The first kappa shape index (κ1) is 24.5. The van der Waals surface area contributed by atoms with Gasteiger partial charge in [0.05, 0.1) is 18.1 Å². The molecule has 0 radical (unpaired) electrons. The van der Waals surface area contributed by atoms with Gasteiger partial charge in [-0.1, -0.05) is 12.1 Å². The Morgan fingerprint density at radius 2 is 1.95 bits per heavy atom. The Balaban J connectivity index is 1.38. The first-order chi connectivity index (χ1) is 17.8. The summed E-state index contributed by atoms with van der Waals surface area (Å²) in [4.78, 5) is 30.9. The number of carbonyl (C=O) groups is 1. The first-order valence-corrected chi connectivity index (χ1v) is 12.0. The Labute approximate surface area is 211 Å². The maximum atomic E-state index is 12.4. The molecule has 0 aliphatic carbocycles. The molecular formula is C26H26F3N7O. The van der Waals surface area contributed by atoms with Gasteiger partial charge in [0.15, 0.2) is 0 Å². The zero-order valence-electron chi connectivity index (χ0n) is 20.1. The van der Waals surface area contributed by atoms with Crippen LogP contribution in [0.25, 0.3) is 33.4 Å². The quantitative estimate of drug-likeness (QED) is 0.332. The van der Waals surface area contributed by atoms with E-state index in [-0.39, 0.29) is 5.82 Å². The Morgan fingerprint density at radius 1 is 1.14 bits per heavy atom.